The van der Waals surface area contributed by atoms with Crippen molar-refractivity contribution in [2.75, 3.05) is 35.5 Å². The van der Waals surface area contributed by atoms with Crippen LogP contribution in [-0.4, -0.2) is 102 Å². The molecule has 28 heteroatoms. The van der Waals surface area contributed by atoms with Crippen molar-refractivity contribution in [1.82, 2.24) is 88.1 Å². The van der Waals surface area contributed by atoms with Gasteiger partial charge in [0.15, 0.2) is 29.0 Å². The van der Waals surface area contributed by atoms with Crippen molar-refractivity contribution in [3.8, 4) is 11.5 Å². The Morgan fingerprint density at radius 2 is 0.737 bits per heavy atom. The number of methoxy groups -OCH3 is 2. The van der Waals surface area contributed by atoms with E-state index >= 15 is 0 Å². The molecule has 0 atom stereocenters. The van der Waals surface area contributed by atoms with Gasteiger partial charge >= 0.3 is 0 Å². The molecule has 1 aliphatic rings. The molecule has 114 heavy (non-hydrogen) atoms. The van der Waals surface area contributed by atoms with Crippen molar-refractivity contribution in [1.29, 1.82) is 0 Å². The van der Waals surface area contributed by atoms with Crippen LogP contribution in [0, 0.1) is 0 Å². The van der Waals surface area contributed by atoms with E-state index in [0.29, 0.717) is 131 Å². The molecule has 0 aliphatic heterocycles. The van der Waals surface area contributed by atoms with Crippen LogP contribution < -0.4 is 53.0 Å². The molecule has 0 spiro atoms. The summed E-state index contributed by atoms with van der Waals surface area (Å²) in [5, 5.41) is 40.8. The van der Waals surface area contributed by atoms with Gasteiger partial charge in [0.1, 0.15) is 23.3 Å². The zero-order valence-electron chi connectivity index (χ0n) is 62.1. The third kappa shape index (κ3) is 13.2. The first-order chi connectivity index (χ1) is 55.8. The largest absolute Gasteiger partial charge is 0.493 e. The molecule has 1 fully saturated rings. The molecule has 21 rings (SSSR count). The van der Waals surface area contributed by atoms with Crippen LogP contribution in [0.2, 0.25) is 0 Å². The van der Waals surface area contributed by atoms with Gasteiger partial charge in [-0.25, -0.2) is 37.5 Å². The van der Waals surface area contributed by atoms with Crippen molar-refractivity contribution in [3.05, 3.63) is 289 Å². The highest BCUT2D eigenvalue weighted by molar-refractivity contribution is 5.98. The number of benzene rings is 9. The lowest BCUT2D eigenvalue weighted by molar-refractivity contribution is 0.355. The second-order valence-electron chi connectivity index (χ2n) is 27.6. The average molecular weight is 1510 g/mol. The van der Waals surface area contributed by atoms with Gasteiger partial charge in [-0.05, 0) is 128 Å². The first-order valence-corrected chi connectivity index (χ1v) is 37.1. The van der Waals surface area contributed by atoms with E-state index in [1.54, 1.807) is 50.6 Å². The average Bonchev–Trinajstić information content (AvgIpc) is 0.997. The Hall–Kier alpha value is -15.4. The standard InChI is InChI=1S/C23H22N6O3.C21H16N6O.C21H18N6O.C21H14N4O/c1-12(2)15-11-20(28-27-15)25-21-13-7-5-6-8-17(13)29-22(30)14-9-18(31-3)19(32-4)10-16(14)24-23(29)26-21;28-20-13-5-1-3-7-15(13)22-21-24-19(14-6-2-4-8-17(14)27(20)21)23-18-11-16(25-26-18)12-9-10-12;1-2-7-13-12-18(26-25-13)23-19-15-9-4-6-11-17(15)27-20(28)14-8-3-5-10-16(14)22-21(27)24-19;26-20-15-10-4-6-12-17(15)23-21-24-19(22-14-8-2-1-3-9-14)16-11-5-7-13-18(16)25(20)21/h5-12H,1-4H3,(H2,24,25,26,27,28);1-8,11-12H,9-10H2,(H2,22,23,24,25,26);3-6,8-12H,2,7H2,1H3,(H2,22,23,24,25,26);1-13H,(H,22,23,24). The summed E-state index contributed by atoms with van der Waals surface area (Å²) in [6, 6.07) is 71.7. The zero-order chi connectivity index (χ0) is 77.7. The van der Waals surface area contributed by atoms with Gasteiger partial charge in [-0.2, -0.15) is 35.2 Å². The molecular weight excluding hydrogens is 1440 g/mol. The molecule has 28 nitrogen and oxygen atoms in total. The third-order valence-electron chi connectivity index (χ3n) is 19.8. The summed E-state index contributed by atoms with van der Waals surface area (Å²) in [6.45, 7) is 6.30. The van der Waals surface area contributed by atoms with Gasteiger partial charge in [0.05, 0.1) is 79.9 Å². The Morgan fingerprint density at radius 1 is 0.377 bits per heavy atom. The second kappa shape index (κ2) is 29.6. The summed E-state index contributed by atoms with van der Waals surface area (Å²) < 4.78 is 17.0. The molecule has 9 aromatic carbocycles. The Bertz CT molecular complexity index is 7440. The lowest BCUT2D eigenvalue weighted by Gasteiger charge is -2.13. The first kappa shape index (κ1) is 70.3. The van der Waals surface area contributed by atoms with Crippen LogP contribution in [0.4, 0.5) is 46.4 Å². The van der Waals surface area contributed by atoms with E-state index in [9.17, 15) is 19.2 Å². The highest BCUT2D eigenvalue weighted by Gasteiger charge is 2.27. The number of aryl methyl sites for hydroxylation is 1. The molecule has 7 N–H and O–H groups in total. The number of H-pyrrole nitrogens is 3. The monoisotopic (exact) mass is 1510 g/mol. The number of rotatable bonds is 14. The summed E-state index contributed by atoms with van der Waals surface area (Å²) >= 11 is 0. The molecule has 0 amide bonds. The van der Waals surface area contributed by atoms with E-state index < -0.39 is 0 Å². The van der Waals surface area contributed by atoms with E-state index in [4.69, 9.17) is 9.47 Å². The lowest BCUT2D eigenvalue weighted by Crippen LogP contribution is -2.18. The molecule has 20 aromatic rings. The van der Waals surface area contributed by atoms with E-state index in [0.717, 1.165) is 73.7 Å². The van der Waals surface area contributed by atoms with Gasteiger partial charge in [-0.15, -0.1) is 0 Å². The zero-order valence-corrected chi connectivity index (χ0v) is 62.1. The first-order valence-electron chi connectivity index (χ1n) is 37.1. The van der Waals surface area contributed by atoms with Crippen molar-refractivity contribution in [3.63, 3.8) is 0 Å². The topological polar surface area (TPSA) is 342 Å². The number of anilines is 8. The van der Waals surface area contributed by atoms with Crippen LogP contribution in [-0.2, 0) is 6.42 Å². The minimum Gasteiger partial charge on any atom is -0.493 e. The summed E-state index contributed by atoms with van der Waals surface area (Å²) in [6.07, 6.45) is 4.39. The Balaban J connectivity index is 0.000000106. The minimum absolute atomic E-state index is 0.111. The van der Waals surface area contributed by atoms with Crippen molar-refractivity contribution >= 4 is 157 Å². The van der Waals surface area contributed by atoms with Gasteiger partial charge in [-0.3, -0.25) is 34.5 Å². The fraction of sp³-hybridized carbons (Fsp3) is 0.128. The Morgan fingerprint density at radius 3 is 1.16 bits per heavy atom. The molecule has 0 radical (unpaired) electrons. The van der Waals surface area contributed by atoms with Gasteiger partial charge in [0.25, 0.3) is 22.2 Å². The van der Waals surface area contributed by atoms with Gasteiger partial charge in [0.2, 0.25) is 23.1 Å². The SMILES string of the molecule is CCCc1cc(Nc2nc3nc4ccccc4c(=O)n3c3ccccc23)n[nH]1.COc1cc2nc3nc(Nc4cc(C(C)C)[nH]n4)c4ccccc4n3c(=O)c2cc1OC.O=c1c2ccccc2nc2nc(Nc3cc(C4CC4)[nH]n3)c3ccccc3n12.O=c1c2ccccc2nc2nc(Nc3ccccc3)c3ccccc3n12. The molecule has 560 valence electrons. The molecule has 0 bridgehead atoms. The predicted octanol–water partition coefficient (Wildman–Crippen LogP) is 15.7. The molecular formula is C86H70N22O6. The summed E-state index contributed by atoms with van der Waals surface area (Å²) in [4.78, 5) is 89.8. The van der Waals surface area contributed by atoms with E-state index in [1.807, 2.05) is 200 Å². The van der Waals surface area contributed by atoms with E-state index in [-0.39, 0.29) is 28.0 Å². The maximum Gasteiger partial charge on any atom is 0.267 e. The van der Waals surface area contributed by atoms with Crippen LogP contribution in [0.25, 0.3) is 110 Å². The van der Waals surface area contributed by atoms with Crippen molar-refractivity contribution in [2.45, 2.75) is 58.3 Å². The molecule has 11 heterocycles. The maximum absolute atomic E-state index is 13.5. The quantitative estimate of drug-likeness (QED) is 0.0393. The van der Waals surface area contributed by atoms with Crippen LogP contribution in [0.5, 0.6) is 11.5 Å². The van der Waals surface area contributed by atoms with Crippen LogP contribution in [0.3, 0.4) is 0 Å². The number of nitrogens with zero attached hydrogens (tertiary/aromatic N) is 15. The van der Waals surface area contributed by atoms with Crippen LogP contribution in [0.15, 0.2) is 250 Å². The van der Waals surface area contributed by atoms with E-state index in [2.05, 4.69) is 113 Å². The van der Waals surface area contributed by atoms with Gasteiger partial charge in [0, 0.05) is 74.5 Å². The molecule has 0 saturated heterocycles. The lowest BCUT2D eigenvalue weighted by atomic mass is 10.1. The number of nitrogens with one attached hydrogen (secondary N) is 7. The van der Waals surface area contributed by atoms with Crippen LogP contribution in [0.1, 0.15) is 69.0 Å². The number of ether oxygens (including phenoxy) is 2. The Kier molecular flexibility index (Phi) is 18.2. The van der Waals surface area contributed by atoms with Gasteiger partial charge < -0.3 is 30.7 Å². The molecule has 0 unspecified atom stereocenters. The van der Waals surface area contributed by atoms with E-state index in [1.165, 1.54) is 24.4 Å². The number of fused-ring (bicyclic) bond motifs is 16. The highest BCUT2D eigenvalue weighted by Crippen LogP contribution is 2.40. The molecule has 1 saturated carbocycles. The molecule has 11 aromatic heterocycles. The second-order valence-corrected chi connectivity index (χ2v) is 27.6. The third-order valence-corrected chi connectivity index (χ3v) is 19.8. The number of aromatic amines is 3. The fourth-order valence-electron chi connectivity index (χ4n) is 14.1. The number of aromatic nitrogens is 18. The molecule has 1 aliphatic carbocycles. The summed E-state index contributed by atoms with van der Waals surface area (Å²) in [5.41, 5.74) is 8.93. The predicted molar refractivity (Wildman–Crippen MR) is 446 cm³/mol. The van der Waals surface area contributed by atoms with Crippen molar-refractivity contribution < 1.29 is 9.47 Å². The minimum atomic E-state index is -0.233. The smallest absolute Gasteiger partial charge is 0.267 e. The highest BCUT2D eigenvalue weighted by atomic mass is 16.5. The maximum atomic E-state index is 13.5. The number of hydrogen-bond donors (Lipinski definition) is 7. The Labute approximate surface area is 645 Å². The number of para-hydroxylation sites is 8. The van der Waals surface area contributed by atoms with Crippen molar-refractivity contribution in [2.24, 2.45) is 0 Å². The summed E-state index contributed by atoms with van der Waals surface area (Å²) in [7, 11) is 3.07. The normalized spacial score (nSPS) is 12.1. The van der Waals surface area contributed by atoms with Crippen LogP contribution >= 0.6 is 0 Å². The summed E-state index contributed by atoms with van der Waals surface area (Å²) in [5.74, 6) is 7.78. The van der Waals surface area contributed by atoms with Gasteiger partial charge in [-0.1, -0.05) is 130 Å². The fourth-order valence-corrected chi connectivity index (χ4v) is 14.1. The number of hydrogen-bond acceptors (Lipinski definition) is 21.